The number of methoxy groups -OCH3 is 2. The van der Waals surface area contributed by atoms with E-state index >= 15 is 0 Å². The van der Waals surface area contributed by atoms with Gasteiger partial charge in [-0.1, -0.05) is 29.8 Å². The number of ether oxygens (including phenoxy) is 2. The van der Waals surface area contributed by atoms with E-state index < -0.39 is 0 Å². The number of carbonyl (C=O) groups excluding carboxylic acids is 1. The standard InChI is InChI=1S/C20H25ClN2O3/c1-23(2)17(15-6-5-7-16(21)12-15)13-22-20(24)11-14-8-9-18(25-3)19(10-14)26-4/h5-10,12,17H,11,13H2,1-4H3,(H,22,24). The van der Waals surface area contributed by atoms with Crippen LogP contribution in [0.1, 0.15) is 17.2 Å². The van der Waals surface area contributed by atoms with Gasteiger partial charge in [-0.2, -0.15) is 0 Å². The van der Waals surface area contributed by atoms with Crippen molar-refractivity contribution in [1.82, 2.24) is 10.2 Å². The van der Waals surface area contributed by atoms with Gasteiger partial charge in [-0.05, 0) is 49.5 Å². The van der Waals surface area contributed by atoms with Crippen molar-refractivity contribution in [3.05, 3.63) is 58.6 Å². The second kappa shape index (κ2) is 9.46. The Balaban J connectivity index is 2.00. The minimum absolute atomic E-state index is 0.0445. The van der Waals surface area contributed by atoms with Crippen LogP contribution in [0, 0.1) is 0 Å². The van der Waals surface area contributed by atoms with Crippen molar-refractivity contribution >= 4 is 17.5 Å². The van der Waals surface area contributed by atoms with E-state index in [0.29, 0.717) is 23.1 Å². The predicted octanol–water partition coefficient (Wildman–Crippen LogP) is 3.32. The van der Waals surface area contributed by atoms with E-state index in [1.54, 1.807) is 20.3 Å². The van der Waals surface area contributed by atoms with Gasteiger partial charge in [0.2, 0.25) is 5.91 Å². The fourth-order valence-electron chi connectivity index (χ4n) is 2.76. The largest absolute Gasteiger partial charge is 0.493 e. The highest BCUT2D eigenvalue weighted by atomic mass is 35.5. The molecule has 0 radical (unpaired) electrons. The number of benzene rings is 2. The quantitative estimate of drug-likeness (QED) is 0.767. The first-order valence-corrected chi connectivity index (χ1v) is 8.72. The second-order valence-electron chi connectivity index (χ2n) is 6.20. The lowest BCUT2D eigenvalue weighted by Gasteiger charge is -2.25. The molecule has 1 unspecified atom stereocenters. The SMILES string of the molecule is COc1ccc(CC(=O)NCC(c2cccc(Cl)c2)N(C)C)cc1OC. The Kier molecular flexibility index (Phi) is 7.30. The van der Waals surface area contributed by atoms with Gasteiger partial charge in [0.15, 0.2) is 11.5 Å². The first-order chi connectivity index (χ1) is 12.4. The van der Waals surface area contributed by atoms with Crippen molar-refractivity contribution in [1.29, 1.82) is 0 Å². The van der Waals surface area contributed by atoms with Gasteiger partial charge in [-0.3, -0.25) is 4.79 Å². The van der Waals surface area contributed by atoms with Crippen molar-refractivity contribution in [3.8, 4) is 11.5 Å². The normalized spacial score (nSPS) is 11.9. The Bertz CT molecular complexity index is 750. The molecule has 0 aliphatic carbocycles. The zero-order valence-electron chi connectivity index (χ0n) is 15.6. The lowest BCUT2D eigenvalue weighted by molar-refractivity contribution is -0.120. The highest BCUT2D eigenvalue weighted by molar-refractivity contribution is 6.30. The van der Waals surface area contributed by atoms with Crippen LogP contribution in [0.4, 0.5) is 0 Å². The summed E-state index contributed by atoms with van der Waals surface area (Å²) in [5, 5.41) is 3.69. The maximum Gasteiger partial charge on any atom is 0.224 e. The van der Waals surface area contributed by atoms with E-state index in [-0.39, 0.29) is 18.4 Å². The fraction of sp³-hybridized carbons (Fsp3) is 0.350. The van der Waals surface area contributed by atoms with Gasteiger partial charge in [0.1, 0.15) is 0 Å². The summed E-state index contributed by atoms with van der Waals surface area (Å²) < 4.78 is 10.5. The van der Waals surface area contributed by atoms with E-state index in [2.05, 4.69) is 10.2 Å². The number of carbonyl (C=O) groups is 1. The first-order valence-electron chi connectivity index (χ1n) is 8.34. The summed E-state index contributed by atoms with van der Waals surface area (Å²) in [6, 6.07) is 13.2. The Labute approximate surface area is 159 Å². The summed E-state index contributed by atoms with van der Waals surface area (Å²) in [5.41, 5.74) is 1.93. The summed E-state index contributed by atoms with van der Waals surface area (Å²) in [5.74, 6) is 1.21. The molecule has 1 N–H and O–H groups in total. The van der Waals surface area contributed by atoms with Crippen molar-refractivity contribution in [2.45, 2.75) is 12.5 Å². The Morgan fingerprint density at radius 1 is 1.12 bits per heavy atom. The number of hydrogen-bond donors (Lipinski definition) is 1. The number of amides is 1. The Morgan fingerprint density at radius 3 is 2.46 bits per heavy atom. The Morgan fingerprint density at radius 2 is 1.85 bits per heavy atom. The van der Waals surface area contributed by atoms with Crippen LogP contribution in [0.15, 0.2) is 42.5 Å². The van der Waals surface area contributed by atoms with Crippen molar-refractivity contribution in [3.63, 3.8) is 0 Å². The van der Waals surface area contributed by atoms with Gasteiger partial charge < -0.3 is 19.7 Å². The summed E-state index contributed by atoms with van der Waals surface area (Å²) >= 11 is 6.09. The molecule has 6 heteroatoms. The molecule has 0 aliphatic heterocycles. The number of nitrogens with one attached hydrogen (secondary N) is 1. The van der Waals surface area contributed by atoms with E-state index in [1.807, 2.05) is 50.5 Å². The zero-order valence-corrected chi connectivity index (χ0v) is 16.3. The van der Waals surface area contributed by atoms with Crippen LogP contribution >= 0.6 is 11.6 Å². The third-order valence-corrected chi connectivity index (χ3v) is 4.40. The molecule has 0 saturated carbocycles. The highest BCUT2D eigenvalue weighted by Crippen LogP contribution is 2.27. The number of nitrogens with zero attached hydrogens (tertiary/aromatic N) is 1. The van der Waals surface area contributed by atoms with Crippen molar-refractivity contribution < 1.29 is 14.3 Å². The molecule has 1 amide bonds. The number of hydrogen-bond acceptors (Lipinski definition) is 4. The molecular weight excluding hydrogens is 352 g/mol. The van der Waals surface area contributed by atoms with Gasteiger partial charge in [0, 0.05) is 11.6 Å². The molecule has 0 fully saturated rings. The topological polar surface area (TPSA) is 50.8 Å². The van der Waals surface area contributed by atoms with Gasteiger partial charge >= 0.3 is 0 Å². The van der Waals surface area contributed by atoms with E-state index in [4.69, 9.17) is 21.1 Å². The monoisotopic (exact) mass is 376 g/mol. The minimum atomic E-state index is -0.0499. The molecule has 2 aromatic rings. The number of rotatable bonds is 8. The maximum absolute atomic E-state index is 12.4. The summed E-state index contributed by atoms with van der Waals surface area (Å²) in [6.45, 7) is 0.499. The van der Waals surface area contributed by atoms with E-state index in [0.717, 1.165) is 11.1 Å². The number of halogens is 1. The summed E-state index contributed by atoms with van der Waals surface area (Å²) in [4.78, 5) is 14.4. The van der Waals surface area contributed by atoms with Crippen LogP contribution in [-0.4, -0.2) is 45.7 Å². The molecule has 2 aromatic carbocycles. The van der Waals surface area contributed by atoms with Crippen LogP contribution in [0.5, 0.6) is 11.5 Å². The lowest BCUT2D eigenvalue weighted by Crippen LogP contribution is -2.35. The molecule has 140 valence electrons. The van der Waals surface area contributed by atoms with Crippen LogP contribution in [0.2, 0.25) is 5.02 Å². The fourth-order valence-corrected chi connectivity index (χ4v) is 2.96. The molecular formula is C20H25ClN2O3. The molecule has 0 bridgehead atoms. The summed E-state index contributed by atoms with van der Waals surface area (Å²) in [7, 11) is 7.12. The second-order valence-corrected chi connectivity index (χ2v) is 6.64. The molecule has 5 nitrogen and oxygen atoms in total. The zero-order chi connectivity index (χ0) is 19.1. The molecule has 0 aliphatic rings. The molecule has 2 rings (SSSR count). The van der Waals surface area contributed by atoms with Crippen LogP contribution in [0.25, 0.3) is 0 Å². The van der Waals surface area contributed by atoms with Crippen LogP contribution in [0.3, 0.4) is 0 Å². The van der Waals surface area contributed by atoms with Gasteiger partial charge in [-0.15, -0.1) is 0 Å². The van der Waals surface area contributed by atoms with E-state index in [9.17, 15) is 4.79 Å². The van der Waals surface area contributed by atoms with Crippen molar-refractivity contribution in [2.24, 2.45) is 0 Å². The Hall–Kier alpha value is -2.24. The molecule has 0 spiro atoms. The first kappa shape index (κ1) is 20.1. The average Bonchev–Trinajstić information content (AvgIpc) is 2.61. The van der Waals surface area contributed by atoms with Crippen LogP contribution in [-0.2, 0) is 11.2 Å². The molecule has 1 atom stereocenters. The third kappa shape index (κ3) is 5.38. The smallest absolute Gasteiger partial charge is 0.224 e. The van der Waals surface area contributed by atoms with E-state index in [1.165, 1.54) is 0 Å². The maximum atomic E-state index is 12.4. The molecule has 0 heterocycles. The highest BCUT2D eigenvalue weighted by Gasteiger charge is 2.16. The molecule has 0 saturated heterocycles. The molecule has 0 aromatic heterocycles. The van der Waals surface area contributed by atoms with Crippen LogP contribution < -0.4 is 14.8 Å². The minimum Gasteiger partial charge on any atom is -0.493 e. The molecule has 26 heavy (non-hydrogen) atoms. The lowest BCUT2D eigenvalue weighted by atomic mass is 10.1. The van der Waals surface area contributed by atoms with Gasteiger partial charge in [0.05, 0.1) is 26.7 Å². The number of likely N-dealkylation sites (N-methyl/N-ethyl adjacent to an activating group) is 1. The average molecular weight is 377 g/mol. The van der Waals surface area contributed by atoms with Gasteiger partial charge in [0.25, 0.3) is 0 Å². The third-order valence-electron chi connectivity index (χ3n) is 4.16. The van der Waals surface area contributed by atoms with Crippen molar-refractivity contribution in [2.75, 3.05) is 34.9 Å². The summed E-state index contributed by atoms with van der Waals surface area (Å²) in [6.07, 6.45) is 0.274. The van der Waals surface area contributed by atoms with Gasteiger partial charge in [-0.25, -0.2) is 0 Å². The predicted molar refractivity (Wildman–Crippen MR) is 104 cm³/mol.